The summed E-state index contributed by atoms with van der Waals surface area (Å²) in [7, 11) is 1.60. The predicted octanol–water partition coefficient (Wildman–Crippen LogP) is 6.39. The largest absolute Gasteiger partial charge is 0.495 e. The van der Waals surface area contributed by atoms with Crippen molar-refractivity contribution in [3.63, 3.8) is 0 Å². The Morgan fingerprint density at radius 1 is 1.24 bits per heavy atom. The van der Waals surface area contributed by atoms with Gasteiger partial charge in [0.25, 0.3) is 0 Å². The third kappa shape index (κ3) is 5.44. The Morgan fingerprint density at radius 2 is 1.92 bits per heavy atom. The topological polar surface area (TPSA) is 38.3 Å². The highest BCUT2D eigenvalue weighted by molar-refractivity contribution is 9.11. The molecule has 0 bridgehead atoms. The molecule has 0 aromatic heterocycles. The van der Waals surface area contributed by atoms with Gasteiger partial charge in [-0.3, -0.25) is 4.79 Å². The van der Waals surface area contributed by atoms with Crippen molar-refractivity contribution in [3.05, 3.63) is 62.5 Å². The number of methoxy groups -OCH3 is 1. The molecule has 2 aromatic rings. The number of benzene rings is 2. The Kier molecular flexibility index (Phi) is 7.26. The molecule has 0 aliphatic heterocycles. The van der Waals surface area contributed by atoms with E-state index in [0.29, 0.717) is 11.7 Å². The Morgan fingerprint density at radius 3 is 2.52 bits per heavy atom. The van der Waals surface area contributed by atoms with Gasteiger partial charge in [0.05, 0.1) is 11.6 Å². The van der Waals surface area contributed by atoms with Gasteiger partial charge in [-0.15, -0.1) is 0 Å². The van der Waals surface area contributed by atoms with Gasteiger partial charge in [-0.1, -0.05) is 41.9 Å². The minimum absolute atomic E-state index is 0.186. The van der Waals surface area contributed by atoms with Crippen LogP contribution in [-0.4, -0.2) is 13.0 Å². The van der Waals surface area contributed by atoms with Gasteiger partial charge in [-0.2, -0.15) is 0 Å². The van der Waals surface area contributed by atoms with Crippen molar-refractivity contribution in [3.8, 4) is 5.75 Å². The van der Waals surface area contributed by atoms with E-state index in [9.17, 15) is 4.79 Å². The fourth-order valence-corrected chi connectivity index (χ4v) is 3.82. The van der Waals surface area contributed by atoms with Crippen molar-refractivity contribution in [2.75, 3.05) is 12.4 Å². The number of amides is 1. The van der Waals surface area contributed by atoms with Gasteiger partial charge in [-0.25, -0.2) is 0 Å². The Bertz CT molecular complexity index is 770. The van der Waals surface area contributed by atoms with Gasteiger partial charge >= 0.3 is 0 Å². The first-order valence-corrected chi connectivity index (χ1v) is 9.65. The second kappa shape index (κ2) is 9.20. The first kappa shape index (κ1) is 19.7. The van der Waals surface area contributed by atoms with E-state index in [1.54, 1.807) is 13.2 Å². The molecule has 1 amide bonds. The van der Waals surface area contributed by atoms with Crippen LogP contribution in [0.5, 0.6) is 5.75 Å². The van der Waals surface area contributed by atoms with E-state index in [1.165, 1.54) is 11.6 Å². The zero-order valence-corrected chi connectivity index (χ0v) is 17.6. The van der Waals surface area contributed by atoms with E-state index in [-0.39, 0.29) is 5.91 Å². The lowest BCUT2D eigenvalue weighted by Gasteiger charge is -2.10. The molecule has 1 atom stereocenters. The molecule has 132 valence electrons. The number of anilines is 1. The van der Waals surface area contributed by atoms with E-state index in [0.717, 1.165) is 26.6 Å². The summed E-state index contributed by atoms with van der Waals surface area (Å²) < 4.78 is 7.10. The van der Waals surface area contributed by atoms with Crippen molar-refractivity contribution >= 4 is 49.5 Å². The SMILES string of the molecule is CCC(C)c1ccc(NC(=O)/C=C/c2cc(Br)cc(Br)c2OC)cc1. The fourth-order valence-electron chi connectivity index (χ4n) is 2.40. The molecule has 0 saturated heterocycles. The maximum Gasteiger partial charge on any atom is 0.248 e. The molecule has 0 saturated carbocycles. The second-order valence-electron chi connectivity index (χ2n) is 5.76. The van der Waals surface area contributed by atoms with Gasteiger partial charge in [-0.05, 0) is 64.2 Å². The van der Waals surface area contributed by atoms with Crippen molar-refractivity contribution in [1.82, 2.24) is 0 Å². The molecule has 25 heavy (non-hydrogen) atoms. The summed E-state index contributed by atoms with van der Waals surface area (Å²) in [5.74, 6) is 1.02. The van der Waals surface area contributed by atoms with Gasteiger partial charge < -0.3 is 10.1 Å². The number of hydrogen-bond acceptors (Lipinski definition) is 2. The van der Waals surface area contributed by atoms with Gasteiger partial charge in [0.2, 0.25) is 5.91 Å². The summed E-state index contributed by atoms with van der Waals surface area (Å²) in [4.78, 5) is 12.2. The number of hydrogen-bond donors (Lipinski definition) is 1. The Labute approximate surface area is 165 Å². The van der Waals surface area contributed by atoms with Crippen LogP contribution in [0, 0.1) is 0 Å². The van der Waals surface area contributed by atoms with E-state index in [2.05, 4.69) is 63.2 Å². The molecule has 2 rings (SSSR count). The molecular weight excluding hydrogens is 446 g/mol. The molecular formula is C20H21Br2NO2. The maximum atomic E-state index is 12.2. The molecule has 1 unspecified atom stereocenters. The maximum absolute atomic E-state index is 12.2. The highest BCUT2D eigenvalue weighted by Gasteiger charge is 2.08. The van der Waals surface area contributed by atoms with Crippen LogP contribution >= 0.6 is 31.9 Å². The van der Waals surface area contributed by atoms with Crippen LogP contribution in [0.3, 0.4) is 0 Å². The zero-order chi connectivity index (χ0) is 18.4. The number of nitrogens with one attached hydrogen (secondary N) is 1. The standard InChI is InChI=1S/C20H21Br2NO2/c1-4-13(2)14-5-8-17(9-6-14)23-19(24)10-7-15-11-16(21)12-18(22)20(15)25-3/h5-13H,4H2,1-3H3,(H,23,24)/b10-7+. The quantitative estimate of drug-likeness (QED) is 0.501. The molecule has 0 fully saturated rings. The number of ether oxygens (including phenoxy) is 1. The molecule has 3 nitrogen and oxygen atoms in total. The lowest BCUT2D eigenvalue weighted by atomic mass is 9.99. The van der Waals surface area contributed by atoms with Crippen LogP contribution in [-0.2, 0) is 4.79 Å². The summed E-state index contributed by atoms with van der Waals surface area (Å²) in [6.07, 6.45) is 4.33. The van der Waals surface area contributed by atoms with Gasteiger partial charge in [0.1, 0.15) is 5.75 Å². The third-order valence-corrected chi connectivity index (χ3v) is 5.06. The number of halogens is 2. The van der Waals surface area contributed by atoms with Crippen LogP contribution in [0.1, 0.15) is 37.3 Å². The van der Waals surface area contributed by atoms with Crippen LogP contribution in [0.25, 0.3) is 6.08 Å². The molecule has 0 aliphatic carbocycles. The Balaban J connectivity index is 2.09. The highest BCUT2D eigenvalue weighted by Crippen LogP contribution is 2.33. The summed E-state index contributed by atoms with van der Waals surface area (Å²) in [5.41, 5.74) is 2.87. The van der Waals surface area contributed by atoms with Crippen molar-refractivity contribution < 1.29 is 9.53 Å². The Hall–Kier alpha value is -1.59. The molecule has 0 aliphatic rings. The van der Waals surface area contributed by atoms with E-state index in [4.69, 9.17) is 4.74 Å². The lowest BCUT2D eigenvalue weighted by molar-refractivity contribution is -0.111. The van der Waals surface area contributed by atoms with Gasteiger partial charge in [0.15, 0.2) is 0 Å². The molecule has 2 aromatic carbocycles. The minimum Gasteiger partial charge on any atom is -0.495 e. The van der Waals surface area contributed by atoms with Crippen LogP contribution < -0.4 is 10.1 Å². The van der Waals surface area contributed by atoms with Crippen molar-refractivity contribution in [2.45, 2.75) is 26.2 Å². The first-order chi connectivity index (χ1) is 11.9. The monoisotopic (exact) mass is 465 g/mol. The zero-order valence-electron chi connectivity index (χ0n) is 14.5. The second-order valence-corrected chi connectivity index (χ2v) is 7.53. The predicted molar refractivity (Wildman–Crippen MR) is 111 cm³/mol. The van der Waals surface area contributed by atoms with Gasteiger partial charge in [0, 0.05) is 21.8 Å². The van der Waals surface area contributed by atoms with E-state index < -0.39 is 0 Å². The molecule has 0 radical (unpaired) electrons. The number of rotatable bonds is 6. The number of carbonyl (C=O) groups is 1. The molecule has 0 spiro atoms. The summed E-state index contributed by atoms with van der Waals surface area (Å²) in [5, 5.41) is 2.87. The van der Waals surface area contributed by atoms with Crippen LogP contribution in [0.2, 0.25) is 0 Å². The summed E-state index contributed by atoms with van der Waals surface area (Å²) >= 11 is 6.90. The van der Waals surface area contributed by atoms with Crippen molar-refractivity contribution in [2.24, 2.45) is 0 Å². The average molecular weight is 467 g/mol. The van der Waals surface area contributed by atoms with E-state index >= 15 is 0 Å². The smallest absolute Gasteiger partial charge is 0.248 e. The van der Waals surface area contributed by atoms with Crippen LogP contribution in [0.4, 0.5) is 5.69 Å². The minimum atomic E-state index is -0.186. The van der Waals surface area contributed by atoms with E-state index in [1.807, 2.05) is 24.3 Å². The fraction of sp³-hybridized carbons (Fsp3) is 0.250. The molecule has 5 heteroatoms. The third-order valence-electron chi connectivity index (χ3n) is 4.02. The average Bonchev–Trinajstić information content (AvgIpc) is 2.59. The molecule has 1 N–H and O–H groups in total. The summed E-state index contributed by atoms with van der Waals surface area (Å²) in [6, 6.07) is 11.8. The summed E-state index contributed by atoms with van der Waals surface area (Å²) in [6.45, 7) is 4.36. The van der Waals surface area contributed by atoms with Crippen molar-refractivity contribution in [1.29, 1.82) is 0 Å². The normalized spacial score (nSPS) is 12.2. The molecule has 0 heterocycles. The van der Waals surface area contributed by atoms with Crippen LogP contribution in [0.15, 0.2) is 51.4 Å². The highest BCUT2D eigenvalue weighted by atomic mass is 79.9. The first-order valence-electron chi connectivity index (χ1n) is 8.06. The number of carbonyl (C=O) groups excluding carboxylic acids is 1. The lowest BCUT2D eigenvalue weighted by Crippen LogP contribution is -2.07.